The van der Waals surface area contributed by atoms with Crippen LogP contribution in [0.1, 0.15) is 16.7 Å². The van der Waals surface area contributed by atoms with E-state index in [1.807, 2.05) is 25.1 Å². The fourth-order valence-corrected chi connectivity index (χ4v) is 1.10. The minimum Gasteiger partial charge on any atom is -0.392 e. The molecule has 66 valence electrons. The minimum atomic E-state index is 0.0407. The van der Waals surface area contributed by atoms with Crippen molar-refractivity contribution < 1.29 is 5.11 Å². The number of nitriles is 1. The first kappa shape index (κ1) is 9.50. The van der Waals surface area contributed by atoms with Gasteiger partial charge in [-0.3, -0.25) is 0 Å². The van der Waals surface area contributed by atoms with E-state index in [-0.39, 0.29) is 6.61 Å². The van der Waals surface area contributed by atoms with Crippen LogP contribution in [0.3, 0.4) is 0 Å². The Morgan fingerprint density at radius 3 is 2.85 bits per heavy atom. The minimum absolute atomic E-state index is 0.0407. The van der Waals surface area contributed by atoms with E-state index in [1.165, 1.54) is 0 Å². The first-order valence-corrected chi connectivity index (χ1v) is 4.06. The van der Waals surface area contributed by atoms with Crippen LogP contribution in [0.15, 0.2) is 24.3 Å². The van der Waals surface area contributed by atoms with Gasteiger partial charge in [-0.15, -0.1) is 0 Å². The van der Waals surface area contributed by atoms with Gasteiger partial charge >= 0.3 is 0 Å². The van der Waals surface area contributed by atoms with E-state index < -0.39 is 0 Å². The van der Waals surface area contributed by atoms with Crippen molar-refractivity contribution in [3.8, 4) is 6.07 Å². The summed E-state index contributed by atoms with van der Waals surface area (Å²) in [6.45, 7) is 1.94. The molecular weight excluding hydrogens is 162 g/mol. The molecule has 0 saturated heterocycles. The van der Waals surface area contributed by atoms with Crippen LogP contribution in [-0.2, 0) is 0 Å². The van der Waals surface area contributed by atoms with E-state index in [0.29, 0.717) is 5.56 Å². The van der Waals surface area contributed by atoms with E-state index in [9.17, 15) is 0 Å². The molecule has 13 heavy (non-hydrogen) atoms. The van der Waals surface area contributed by atoms with Crippen molar-refractivity contribution in [2.45, 2.75) is 6.92 Å². The Labute approximate surface area is 77.8 Å². The second-order valence-corrected chi connectivity index (χ2v) is 2.77. The van der Waals surface area contributed by atoms with Gasteiger partial charge in [0.25, 0.3) is 0 Å². The monoisotopic (exact) mass is 173 g/mol. The molecular formula is C11H11NO. The Kier molecular flexibility index (Phi) is 3.24. The molecule has 1 rings (SSSR count). The predicted molar refractivity (Wildman–Crippen MR) is 52.0 cm³/mol. The van der Waals surface area contributed by atoms with Crippen molar-refractivity contribution in [1.29, 1.82) is 5.26 Å². The van der Waals surface area contributed by atoms with Gasteiger partial charge in [-0.2, -0.15) is 5.26 Å². The van der Waals surface area contributed by atoms with Gasteiger partial charge in [0.1, 0.15) is 0 Å². The molecule has 0 unspecified atom stereocenters. The Balaban J connectivity index is 2.97. The lowest BCUT2D eigenvalue weighted by Crippen LogP contribution is -1.83. The first-order chi connectivity index (χ1) is 6.27. The summed E-state index contributed by atoms with van der Waals surface area (Å²) in [5.41, 5.74) is 2.66. The molecule has 0 atom stereocenters. The van der Waals surface area contributed by atoms with Gasteiger partial charge in [0.2, 0.25) is 0 Å². The van der Waals surface area contributed by atoms with Crippen LogP contribution in [0.2, 0.25) is 0 Å². The number of aliphatic hydroxyl groups excluding tert-OH is 1. The smallest absolute Gasteiger partial charge is 0.0994 e. The molecule has 0 bridgehead atoms. The standard InChI is InChI=1S/C11H11NO/c1-9-7-10(3-2-6-13)4-5-11(9)8-12/h2-5,7,13H,6H2,1H3. The molecule has 0 heterocycles. The highest BCUT2D eigenvalue weighted by Crippen LogP contribution is 2.10. The van der Waals surface area contributed by atoms with Gasteiger partial charge in [-0.05, 0) is 24.1 Å². The predicted octanol–water partition coefficient (Wildman–Crippen LogP) is 1.87. The van der Waals surface area contributed by atoms with Gasteiger partial charge in [-0.25, -0.2) is 0 Å². The zero-order valence-electron chi connectivity index (χ0n) is 7.49. The Morgan fingerprint density at radius 2 is 2.31 bits per heavy atom. The van der Waals surface area contributed by atoms with Crippen LogP contribution in [-0.4, -0.2) is 11.7 Å². The fraction of sp³-hybridized carbons (Fsp3) is 0.182. The summed E-state index contributed by atoms with van der Waals surface area (Å²) in [6.07, 6.45) is 3.50. The molecule has 2 heteroatoms. The summed E-state index contributed by atoms with van der Waals surface area (Å²) in [5, 5.41) is 17.2. The maximum atomic E-state index is 8.68. The van der Waals surface area contributed by atoms with Gasteiger partial charge in [0.15, 0.2) is 0 Å². The molecule has 0 radical (unpaired) electrons. The molecule has 0 aliphatic heterocycles. The highest BCUT2D eigenvalue weighted by atomic mass is 16.2. The van der Waals surface area contributed by atoms with Crippen molar-refractivity contribution >= 4 is 6.08 Å². The summed E-state index contributed by atoms with van der Waals surface area (Å²) in [5.74, 6) is 0. The van der Waals surface area contributed by atoms with Crippen molar-refractivity contribution in [3.05, 3.63) is 41.0 Å². The van der Waals surface area contributed by atoms with E-state index in [0.717, 1.165) is 11.1 Å². The quantitative estimate of drug-likeness (QED) is 0.742. The van der Waals surface area contributed by atoms with Crippen LogP contribution in [0, 0.1) is 18.3 Å². The Hall–Kier alpha value is -1.59. The number of rotatable bonds is 2. The van der Waals surface area contributed by atoms with Crippen LogP contribution >= 0.6 is 0 Å². The lowest BCUT2D eigenvalue weighted by molar-refractivity contribution is 0.343. The van der Waals surface area contributed by atoms with Gasteiger partial charge in [0.05, 0.1) is 18.2 Å². The van der Waals surface area contributed by atoms with E-state index >= 15 is 0 Å². The summed E-state index contributed by atoms with van der Waals surface area (Å²) in [7, 11) is 0. The van der Waals surface area contributed by atoms with Crippen LogP contribution in [0.5, 0.6) is 0 Å². The summed E-state index contributed by atoms with van der Waals surface area (Å²) >= 11 is 0. The Bertz CT molecular complexity index is 361. The molecule has 0 aromatic heterocycles. The number of hydrogen-bond acceptors (Lipinski definition) is 2. The molecule has 1 aromatic rings. The molecule has 0 amide bonds. The number of aliphatic hydroxyl groups is 1. The summed E-state index contributed by atoms with van der Waals surface area (Å²) in [4.78, 5) is 0. The number of hydrogen-bond donors (Lipinski definition) is 1. The lowest BCUT2D eigenvalue weighted by atomic mass is 10.1. The third-order valence-electron chi connectivity index (χ3n) is 1.79. The van der Waals surface area contributed by atoms with Gasteiger partial charge in [-0.1, -0.05) is 24.3 Å². The normalized spacial score (nSPS) is 10.2. The molecule has 1 aromatic carbocycles. The molecule has 0 spiro atoms. The lowest BCUT2D eigenvalue weighted by Gasteiger charge is -1.98. The highest BCUT2D eigenvalue weighted by Gasteiger charge is 1.95. The highest BCUT2D eigenvalue weighted by molar-refractivity contribution is 5.53. The number of aryl methyl sites for hydroxylation is 1. The molecule has 0 saturated carbocycles. The summed E-state index contributed by atoms with van der Waals surface area (Å²) in [6, 6.07) is 7.67. The Morgan fingerprint density at radius 1 is 1.54 bits per heavy atom. The van der Waals surface area contributed by atoms with Crippen LogP contribution < -0.4 is 0 Å². The topological polar surface area (TPSA) is 44.0 Å². The maximum absolute atomic E-state index is 8.68. The van der Waals surface area contributed by atoms with Crippen molar-refractivity contribution in [2.75, 3.05) is 6.61 Å². The second-order valence-electron chi connectivity index (χ2n) is 2.77. The second kappa shape index (κ2) is 4.44. The molecule has 0 aliphatic rings. The SMILES string of the molecule is Cc1cc(C=CCO)ccc1C#N. The zero-order chi connectivity index (χ0) is 9.68. The average Bonchev–Trinajstić information content (AvgIpc) is 2.15. The van der Waals surface area contributed by atoms with Crippen molar-refractivity contribution in [2.24, 2.45) is 0 Å². The average molecular weight is 173 g/mol. The van der Waals surface area contributed by atoms with E-state index in [1.54, 1.807) is 12.1 Å². The van der Waals surface area contributed by atoms with Crippen LogP contribution in [0.25, 0.3) is 6.08 Å². The fourth-order valence-electron chi connectivity index (χ4n) is 1.10. The molecule has 2 nitrogen and oxygen atoms in total. The van der Waals surface area contributed by atoms with Crippen LogP contribution in [0.4, 0.5) is 0 Å². The molecule has 0 aliphatic carbocycles. The largest absolute Gasteiger partial charge is 0.392 e. The zero-order valence-corrected chi connectivity index (χ0v) is 7.49. The molecule has 0 fully saturated rings. The van der Waals surface area contributed by atoms with Crippen molar-refractivity contribution in [3.63, 3.8) is 0 Å². The van der Waals surface area contributed by atoms with Gasteiger partial charge < -0.3 is 5.11 Å². The third kappa shape index (κ3) is 2.43. The third-order valence-corrected chi connectivity index (χ3v) is 1.79. The first-order valence-electron chi connectivity index (χ1n) is 4.06. The molecule has 1 N–H and O–H groups in total. The number of nitrogens with zero attached hydrogens (tertiary/aromatic N) is 1. The van der Waals surface area contributed by atoms with Gasteiger partial charge in [0, 0.05) is 0 Å². The maximum Gasteiger partial charge on any atom is 0.0994 e. The van der Waals surface area contributed by atoms with E-state index in [2.05, 4.69) is 6.07 Å². The number of benzene rings is 1. The summed E-state index contributed by atoms with van der Waals surface area (Å²) < 4.78 is 0. The van der Waals surface area contributed by atoms with Crippen molar-refractivity contribution in [1.82, 2.24) is 0 Å². The van der Waals surface area contributed by atoms with E-state index in [4.69, 9.17) is 10.4 Å².